The quantitative estimate of drug-likeness (QED) is 0.513. The van der Waals surface area contributed by atoms with E-state index in [1.54, 1.807) is 29.7 Å². The number of rotatable bonds is 9. The lowest BCUT2D eigenvalue weighted by Gasteiger charge is -2.20. The van der Waals surface area contributed by atoms with E-state index in [0.717, 1.165) is 4.88 Å². The van der Waals surface area contributed by atoms with Gasteiger partial charge in [0.15, 0.2) is 0 Å². The highest BCUT2D eigenvalue weighted by Gasteiger charge is 2.23. The maximum Gasteiger partial charge on any atom is 0.214 e. The van der Waals surface area contributed by atoms with E-state index in [2.05, 4.69) is 0 Å². The van der Waals surface area contributed by atoms with Gasteiger partial charge in [-0.1, -0.05) is 6.07 Å². The number of unbranched alkanes of at least 4 members (excludes halogenated alkanes) is 1. The molecule has 0 amide bonds. The zero-order chi connectivity index (χ0) is 15.1. The van der Waals surface area contributed by atoms with Crippen LogP contribution in [0, 0.1) is 0 Å². The minimum absolute atomic E-state index is 0.117. The van der Waals surface area contributed by atoms with Crippen molar-refractivity contribution in [3.63, 3.8) is 0 Å². The molecule has 0 saturated carbocycles. The predicted molar refractivity (Wildman–Crippen MR) is 86.0 cm³/mol. The first-order valence-electron chi connectivity index (χ1n) is 6.70. The summed E-state index contributed by atoms with van der Waals surface area (Å²) in [5.74, 6) is 1.25. The van der Waals surface area contributed by atoms with E-state index >= 15 is 0 Å². The molecule has 0 bridgehead atoms. The van der Waals surface area contributed by atoms with Gasteiger partial charge >= 0.3 is 0 Å². The van der Waals surface area contributed by atoms with Crippen LogP contribution in [0.1, 0.15) is 23.5 Å². The molecule has 7 heteroatoms. The lowest BCUT2D eigenvalue weighted by atomic mass is 10.4. The van der Waals surface area contributed by atoms with E-state index in [1.807, 2.05) is 17.5 Å². The van der Waals surface area contributed by atoms with Crippen molar-refractivity contribution < 1.29 is 12.8 Å². The molecular formula is C14H18ClNO3S2. The first-order chi connectivity index (χ1) is 10.1. The van der Waals surface area contributed by atoms with Crippen molar-refractivity contribution in [3.05, 3.63) is 46.5 Å². The summed E-state index contributed by atoms with van der Waals surface area (Å²) < 4.78 is 31.8. The third-order valence-corrected chi connectivity index (χ3v) is 5.98. The molecule has 0 aliphatic rings. The first-order valence-corrected chi connectivity index (χ1v) is 9.73. The second-order valence-electron chi connectivity index (χ2n) is 4.64. The molecule has 0 N–H and O–H groups in total. The summed E-state index contributed by atoms with van der Waals surface area (Å²) in [6, 6.07) is 7.41. The highest BCUT2D eigenvalue weighted by Crippen LogP contribution is 2.19. The smallest absolute Gasteiger partial charge is 0.214 e. The van der Waals surface area contributed by atoms with E-state index in [4.69, 9.17) is 16.0 Å². The van der Waals surface area contributed by atoms with Gasteiger partial charge in [0.05, 0.1) is 18.6 Å². The largest absolute Gasteiger partial charge is 0.468 e. The molecule has 0 fully saturated rings. The van der Waals surface area contributed by atoms with Gasteiger partial charge in [-0.2, -0.15) is 4.31 Å². The number of thiophene rings is 1. The number of halogens is 1. The van der Waals surface area contributed by atoms with Crippen molar-refractivity contribution >= 4 is 33.0 Å². The summed E-state index contributed by atoms with van der Waals surface area (Å²) in [6.45, 7) is 0.635. The van der Waals surface area contributed by atoms with Crippen LogP contribution in [0.25, 0.3) is 0 Å². The van der Waals surface area contributed by atoms with Gasteiger partial charge in [-0.15, -0.1) is 22.9 Å². The third-order valence-electron chi connectivity index (χ3n) is 3.00. The Morgan fingerprint density at radius 2 is 2.05 bits per heavy atom. The summed E-state index contributed by atoms with van der Waals surface area (Å²) in [4.78, 5) is 1.02. The average molecular weight is 348 g/mol. The van der Waals surface area contributed by atoms with Crippen LogP contribution < -0.4 is 0 Å². The molecule has 2 aromatic heterocycles. The Bertz CT molecular complexity index is 572. The molecular weight excluding hydrogens is 330 g/mol. The van der Waals surface area contributed by atoms with Crippen LogP contribution in [0.4, 0.5) is 0 Å². The van der Waals surface area contributed by atoms with E-state index in [9.17, 15) is 8.42 Å². The Morgan fingerprint density at radius 1 is 1.19 bits per heavy atom. The fraction of sp³-hybridized carbons (Fsp3) is 0.429. The minimum Gasteiger partial charge on any atom is -0.468 e. The topological polar surface area (TPSA) is 50.5 Å². The third kappa shape index (κ3) is 5.14. The van der Waals surface area contributed by atoms with Gasteiger partial charge in [0.2, 0.25) is 10.0 Å². The van der Waals surface area contributed by atoms with E-state index < -0.39 is 10.0 Å². The van der Waals surface area contributed by atoms with Gasteiger partial charge in [0, 0.05) is 17.3 Å². The molecule has 0 spiro atoms. The first kappa shape index (κ1) is 16.5. The highest BCUT2D eigenvalue weighted by atomic mass is 35.5. The molecule has 0 aromatic carbocycles. The van der Waals surface area contributed by atoms with E-state index in [-0.39, 0.29) is 12.3 Å². The lowest BCUT2D eigenvalue weighted by Crippen LogP contribution is -2.32. The second kappa shape index (κ2) is 7.98. The van der Waals surface area contributed by atoms with Crippen molar-refractivity contribution in [1.29, 1.82) is 0 Å². The van der Waals surface area contributed by atoms with Crippen molar-refractivity contribution in [1.82, 2.24) is 4.31 Å². The highest BCUT2D eigenvalue weighted by molar-refractivity contribution is 7.89. The zero-order valence-corrected chi connectivity index (χ0v) is 14.0. The van der Waals surface area contributed by atoms with Gasteiger partial charge in [-0.3, -0.25) is 0 Å². The molecule has 116 valence electrons. The van der Waals surface area contributed by atoms with Crippen molar-refractivity contribution in [2.24, 2.45) is 0 Å². The molecule has 0 atom stereocenters. The fourth-order valence-electron chi connectivity index (χ4n) is 1.91. The molecule has 0 aliphatic carbocycles. The molecule has 2 heterocycles. The summed E-state index contributed by atoms with van der Waals surface area (Å²) in [5, 5.41) is 1.94. The molecule has 4 nitrogen and oxygen atoms in total. The van der Waals surface area contributed by atoms with Crippen LogP contribution in [0.15, 0.2) is 40.3 Å². The van der Waals surface area contributed by atoms with E-state index in [1.165, 1.54) is 4.31 Å². The summed E-state index contributed by atoms with van der Waals surface area (Å²) in [7, 11) is -3.33. The molecule has 2 aromatic rings. The Hall–Kier alpha value is -0.820. The SMILES string of the molecule is O=S(=O)(CCCCCl)N(Cc1ccco1)Cc1cccs1. The average Bonchev–Trinajstić information content (AvgIpc) is 3.11. The van der Waals surface area contributed by atoms with Crippen LogP contribution in [0.2, 0.25) is 0 Å². The fourth-order valence-corrected chi connectivity index (χ4v) is 4.39. The van der Waals surface area contributed by atoms with E-state index in [0.29, 0.717) is 31.0 Å². The predicted octanol–water partition coefficient (Wildman–Crippen LogP) is 3.69. The Balaban J connectivity index is 2.10. The van der Waals surface area contributed by atoms with Gasteiger partial charge in [0.25, 0.3) is 0 Å². The van der Waals surface area contributed by atoms with Gasteiger partial charge in [0.1, 0.15) is 5.76 Å². The standard InChI is InChI=1S/C14H18ClNO3S2/c15-7-1-2-10-21(17,18)16(11-13-5-3-8-19-13)12-14-6-4-9-20-14/h3-6,8-9H,1-2,7,10-12H2. The second-order valence-corrected chi connectivity index (χ2v) is 8.14. The normalized spacial score (nSPS) is 12.1. The molecule has 21 heavy (non-hydrogen) atoms. The Morgan fingerprint density at radius 3 is 2.67 bits per heavy atom. The van der Waals surface area contributed by atoms with Crippen LogP contribution in [-0.4, -0.2) is 24.4 Å². The van der Waals surface area contributed by atoms with Gasteiger partial charge < -0.3 is 4.42 Å². The lowest BCUT2D eigenvalue weighted by molar-refractivity contribution is 0.360. The summed E-state index contributed by atoms with van der Waals surface area (Å²) in [6.07, 6.45) is 2.83. The summed E-state index contributed by atoms with van der Waals surface area (Å²) in [5.41, 5.74) is 0. The maximum atomic E-state index is 12.5. The Labute approximate surface area is 134 Å². The number of alkyl halides is 1. The molecule has 0 aliphatic heterocycles. The summed E-state index contributed by atoms with van der Waals surface area (Å²) >= 11 is 7.17. The monoisotopic (exact) mass is 347 g/mol. The minimum atomic E-state index is -3.33. The Kier molecular flexibility index (Phi) is 6.29. The molecule has 0 saturated heterocycles. The maximum absolute atomic E-state index is 12.5. The van der Waals surface area contributed by atoms with Gasteiger partial charge in [-0.25, -0.2) is 8.42 Å². The van der Waals surface area contributed by atoms with Gasteiger partial charge in [-0.05, 0) is 36.4 Å². The zero-order valence-electron chi connectivity index (χ0n) is 11.6. The van der Waals surface area contributed by atoms with Crippen molar-refractivity contribution in [2.45, 2.75) is 25.9 Å². The molecule has 2 rings (SSSR count). The van der Waals surface area contributed by atoms with Crippen LogP contribution >= 0.6 is 22.9 Å². The number of nitrogens with zero attached hydrogens (tertiary/aromatic N) is 1. The van der Waals surface area contributed by atoms with Crippen LogP contribution in [0.3, 0.4) is 0 Å². The molecule has 0 radical (unpaired) electrons. The number of hydrogen-bond donors (Lipinski definition) is 0. The van der Waals surface area contributed by atoms with Crippen LogP contribution in [0.5, 0.6) is 0 Å². The number of hydrogen-bond acceptors (Lipinski definition) is 4. The van der Waals surface area contributed by atoms with Crippen molar-refractivity contribution in [2.75, 3.05) is 11.6 Å². The van der Waals surface area contributed by atoms with Crippen LogP contribution in [-0.2, 0) is 23.1 Å². The number of sulfonamides is 1. The molecule has 0 unspecified atom stereocenters. The number of furan rings is 1. The van der Waals surface area contributed by atoms with Crippen molar-refractivity contribution in [3.8, 4) is 0 Å².